The summed E-state index contributed by atoms with van der Waals surface area (Å²) < 4.78 is 18.6. The van der Waals surface area contributed by atoms with Crippen LogP contribution in [0.2, 0.25) is 0 Å². The van der Waals surface area contributed by atoms with Crippen molar-refractivity contribution in [1.82, 2.24) is 0 Å². The summed E-state index contributed by atoms with van der Waals surface area (Å²) in [5.74, 6) is -1.76. The molecule has 0 heterocycles. The highest BCUT2D eigenvalue weighted by molar-refractivity contribution is 6.04. The fraction of sp³-hybridized carbons (Fsp3) is 0.300. The summed E-state index contributed by atoms with van der Waals surface area (Å²) in [6.07, 6.45) is 0. The molecule has 1 N–H and O–H groups in total. The number of hydrogen-bond acceptors (Lipinski definition) is 4. The maximum atomic E-state index is 14.1. The zero-order valence-corrected chi connectivity index (χ0v) is 15.4. The topological polar surface area (TPSA) is 58.6 Å². The van der Waals surface area contributed by atoms with Crippen LogP contribution in [0.1, 0.15) is 41.5 Å². The Labute approximate surface area is 152 Å². The lowest BCUT2D eigenvalue weighted by molar-refractivity contribution is 0.0600. The highest BCUT2D eigenvalue weighted by Gasteiger charge is 2.14. The number of esters is 1. The summed E-state index contributed by atoms with van der Waals surface area (Å²) in [5, 5.41) is 2.52. The predicted octanol–water partition coefficient (Wildman–Crippen LogP) is 4.10. The Kier molecular flexibility index (Phi) is 6.33. The van der Waals surface area contributed by atoms with Crippen molar-refractivity contribution in [3.63, 3.8) is 0 Å². The molecular weight excluding hydrogens is 335 g/mol. The highest BCUT2D eigenvalue weighted by Crippen LogP contribution is 2.20. The van der Waals surface area contributed by atoms with Crippen molar-refractivity contribution >= 4 is 23.3 Å². The maximum absolute atomic E-state index is 14.1. The molecule has 0 radical (unpaired) electrons. The summed E-state index contributed by atoms with van der Waals surface area (Å²) in [5.41, 5.74) is 1.53. The van der Waals surface area contributed by atoms with Crippen LogP contribution in [-0.4, -0.2) is 31.6 Å². The minimum Gasteiger partial charge on any atom is -0.465 e. The van der Waals surface area contributed by atoms with E-state index in [9.17, 15) is 14.0 Å². The summed E-state index contributed by atoms with van der Waals surface area (Å²) >= 11 is 0. The molecule has 0 saturated heterocycles. The molecule has 0 fully saturated rings. The molecule has 0 aliphatic heterocycles. The number of rotatable bonds is 6. The van der Waals surface area contributed by atoms with E-state index in [-0.39, 0.29) is 11.3 Å². The zero-order valence-electron chi connectivity index (χ0n) is 15.4. The zero-order chi connectivity index (χ0) is 19.3. The average Bonchev–Trinajstić information content (AvgIpc) is 2.63. The molecule has 0 aliphatic rings. The molecule has 0 unspecified atom stereocenters. The molecule has 0 atom stereocenters. The van der Waals surface area contributed by atoms with Crippen molar-refractivity contribution in [2.24, 2.45) is 0 Å². The molecule has 2 rings (SSSR count). The van der Waals surface area contributed by atoms with E-state index in [1.54, 1.807) is 12.1 Å². The van der Waals surface area contributed by atoms with Crippen molar-refractivity contribution in [3.8, 4) is 0 Å². The van der Waals surface area contributed by atoms with Gasteiger partial charge in [0.1, 0.15) is 5.82 Å². The molecule has 2 aromatic rings. The highest BCUT2D eigenvalue weighted by atomic mass is 19.1. The van der Waals surface area contributed by atoms with Crippen molar-refractivity contribution < 1.29 is 18.7 Å². The van der Waals surface area contributed by atoms with Crippen molar-refractivity contribution in [2.75, 3.05) is 23.9 Å². The van der Waals surface area contributed by atoms with Gasteiger partial charge in [0.15, 0.2) is 0 Å². The number of amides is 1. The lowest BCUT2D eigenvalue weighted by atomic mass is 10.1. The number of anilines is 2. The lowest BCUT2D eigenvalue weighted by Gasteiger charge is -2.27. The molecule has 6 heteroatoms. The Bertz CT molecular complexity index is 788. The molecule has 0 saturated carbocycles. The SMILES string of the molecule is CCN(c1ccc(C(=O)Nc2ccc(C(=O)OC)cc2F)cc1)C(C)C. The van der Waals surface area contributed by atoms with Crippen LogP contribution in [-0.2, 0) is 4.74 Å². The van der Waals surface area contributed by atoms with Gasteiger partial charge in [0, 0.05) is 23.8 Å². The number of nitrogens with zero attached hydrogens (tertiary/aromatic N) is 1. The van der Waals surface area contributed by atoms with Gasteiger partial charge in [-0.1, -0.05) is 0 Å². The lowest BCUT2D eigenvalue weighted by Crippen LogP contribution is -2.30. The van der Waals surface area contributed by atoms with Gasteiger partial charge in [-0.25, -0.2) is 9.18 Å². The molecular formula is C20H23FN2O3. The fourth-order valence-electron chi connectivity index (χ4n) is 2.71. The van der Waals surface area contributed by atoms with Crippen LogP contribution in [0.15, 0.2) is 42.5 Å². The second-order valence-corrected chi connectivity index (χ2v) is 6.07. The number of carbonyl (C=O) groups excluding carboxylic acids is 2. The predicted molar refractivity (Wildman–Crippen MR) is 100 cm³/mol. The van der Waals surface area contributed by atoms with Crippen LogP contribution in [0.3, 0.4) is 0 Å². The van der Waals surface area contributed by atoms with E-state index in [0.29, 0.717) is 11.6 Å². The Morgan fingerprint density at radius 1 is 1.12 bits per heavy atom. The molecule has 0 aromatic heterocycles. The van der Waals surface area contributed by atoms with Crippen LogP contribution >= 0.6 is 0 Å². The smallest absolute Gasteiger partial charge is 0.337 e. The van der Waals surface area contributed by atoms with E-state index in [1.165, 1.54) is 19.2 Å². The third-order valence-corrected chi connectivity index (χ3v) is 4.06. The van der Waals surface area contributed by atoms with E-state index < -0.39 is 17.7 Å². The van der Waals surface area contributed by atoms with Gasteiger partial charge in [-0.05, 0) is 63.2 Å². The second-order valence-electron chi connectivity index (χ2n) is 6.07. The minimum absolute atomic E-state index is 0.00379. The Morgan fingerprint density at radius 3 is 2.23 bits per heavy atom. The number of hydrogen-bond donors (Lipinski definition) is 1. The summed E-state index contributed by atoms with van der Waals surface area (Å²) in [4.78, 5) is 25.9. The van der Waals surface area contributed by atoms with Gasteiger partial charge < -0.3 is 15.0 Å². The van der Waals surface area contributed by atoms with E-state index in [2.05, 4.69) is 35.7 Å². The number of ether oxygens (including phenoxy) is 1. The molecule has 0 aliphatic carbocycles. The number of carbonyl (C=O) groups is 2. The minimum atomic E-state index is -0.699. The molecule has 5 nitrogen and oxygen atoms in total. The first-order chi connectivity index (χ1) is 12.4. The van der Waals surface area contributed by atoms with E-state index in [1.807, 2.05) is 12.1 Å². The molecule has 26 heavy (non-hydrogen) atoms. The molecule has 0 spiro atoms. The third kappa shape index (κ3) is 4.39. The Morgan fingerprint density at radius 2 is 1.73 bits per heavy atom. The Hall–Kier alpha value is -2.89. The number of benzene rings is 2. The standard InChI is InChI=1S/C20H23FN2O3/c1-5-23(13(2)3)16-9-6-14(7-10-16)19(24)22-18-11-8-15(12-17(18)21)20(25)26-4/h6-13H,5H2,1-4H3,(H,22,24). The van der Waals surface area contributed by atoms with Crippen LogP contribution in [0.25, 0.3) is 0 Å². The second kappa shape index (κ2) is 8.47. The molecule has 1 amide bonds. The first kappa shape index (κ1) is 19.4. The molecule has 138 valence electrons. The first-order valence-electron chi connectivity index (χ1n) is 8.43. The van der Waals surface area contributed by atoms with Crippen LogP contribution < -0.4 is 10.2 Å². The van der Waals surface area contributed by atoms with Crippen LogP contribution in [0.4, 0.5) is 15.8 Å². The number of halogens is 1. The monoisotopic (exact) mass is 358 g/mol. The van der Waals surface area contributed by atoms with Gasteiger partial charge in [0.05, 0.1) is 18.4 Å². The van der Waals surface area contributed by atoms with Gasteiger partial charge in [0.25, 0.3) is 5.91 Å². The molecule has 0 bridgehead atoms. The largest absolute Gasteiger partial charge is 0.465 e. The summed E-state index contributed by atoms with van der Waals surface area (Å²) in [6.45, 7) is 7.14. The number of methoxy groups -OCH3 is 1. The van der Waals surface area contributed by atoms with Crippen molar-refractivity contribution in [3.05, 3.63) is 59.4 Å². The maximum Gasteiger partial charge on any atom is 0.337 e. The van der Waals surface area contributed by atoms with E-state index >= 15 is 0 Å². The van der Waals surface area contributed by atoms with Gasteiger partial charge in [-0.2, -0.15) is 0 Å². The van der Waals surface area contributed by atoms with Gasteiger partial charge in [0.2, 0.25) is 0 Å². The normalized spacial score (nSPS) is 10.5. The van der Waals surface area contributed by atoms with Crippen LogP contribution in [0, 0.1) is 5.82 Å². The molecule has 2 aromatic carbocycles. The van der Waals surface area contributed by atoms with Gasteiger partial charge >= 0.3 is 5.97 Å². The summed E-state index contributed by atoms with van der Waals surface area (Å²) in [6, 6.07) is 11.3. The van der Waals surface area contributed by atoms with Crippen molar-refractivity contribution in [2.45, 2.75) is 26.8 Å². The van der Waals surface area contributed by atoms with E-state index in [0.717, 1.165) is 18.3 Å². The average molecular weight is 358 g/mol. The van der Waals surface area contributed by atoms with Gasteiger partial charge in [-0.15, -0.1) is 0 Å². The number of nitrogens with one attached hydrogen (secondary N) is 1. The quantitative estimate of drug-likeness (QED) is 0.790. The van der Waals surface area contributed by atoms with Gasteiger partial charge in [-0.3, -0.25) is 4.79 Å². The van der Waals surface area contributed by atoms with Crippen molar-refractivity contribution in [1.29, 1.82) is 0 Å². The Balaban J connectivity index is 2.14. The third-order valence-electron chi connectivity index (χ3n) is 4.06. The summed E-state index contributed by atoms with van der Waals surface area (Å²) in [7, 11) is 1.22. The first-order valence-corrected chi connectivity index (χ1v) is 8.43. The van der Waals surface area contributed by atoms with E-state index in [4.69, 9.17) is 0 Å². The van der Waals surface area contributed by atoms with Crippen LogP contribution in [0.5, 0.6) is 0 Å². The fourth-order valence-corrected chi connectivity index (χ4v) is 2.71.